The Kier molecular flexibility index (Phi) is 7.71. The summed E-state index contributed by atoms with van der Waals surface area (Å²) in [5, 5.41) is 7.08. The van der Waals surface area contributed by atoms with Crippen LogP contribution in [0.4, 0.5) is 17.6 Å². The van der Waals surface area contributed by atoms with Crippen LogP contribution in [0, 0.1) is 11.8 Å². The molecule has 0 spiro atoms. The van der Waals surface area contributed by atoms with E-state index in [1.54, 1.807) is 0 Å². The molecule has 0 aliphatic carbocycles. The van der Waals surface area contributed by atoms with Crippen LogP contribution in [-0.2, 0) is 0 Å². The van der Waals surface area contributed by atoms with Crippen molar-refractivity contribution >= 4 is 34.9 Å². The van der Waals surface area contributed by atoms with Gasteiger partial charge in [-0.1, -0.05) is 33.6 Å². The molecule has 2 saturated heterocycles. The Morgan fingerprint density at radius 3 is 2.36 bits per heavy atom. The first-order valence-electron chi connectivity index (χ1n) is 10.9. The Bertz CT molecular complexity index is 622. The SMILES string of the molecule is CC(C)CNC(=S)Nc1nc(N2CCCCCC2)cc(N2CCCC(C)C2)n1. The largest absolute Gasteiger partial charge is 0.362 e. The number of nitrogens with one attached hydrogen (secondary N) is 2. The van der Waals surface area contributed by atoms with Gasteiger partial charge in [0.2, 0.25) is 5.95 Å². The van der Waals surface area contributed by atoms with Crippen LogP contribution >= 0.6 is 12.2 Å². The number of hydrogen-bond acceptors (Lipinski definition) is 5. The van der Waals surface area contributed by atoms with Gasteiger partial charge in [0, 0.05) is 38.8 Å². The van der Waals surface area contributed by atoms with Gasteiger partial charge in [0.05, 0.1) is 0 Å². The lowest BCUT2D eigenvalue weighted by molar-refractivity contribution is 0.444. The van der Waals surface area contributed by atoms with E-state index in [-0.39, 0.29) is 0 Å². The highest BCUT2D eigenvalue weighted by Gasteiger charge is 2.21. The van der Waals surface area contributed by atoms with Crippen molar-refractivity contribution in [1.82, 2.24) is 15.3 Å². The molecule has 1 aromatic heterocycles. The number of piperidine rings is 1. The van der Waals surface area contributed by atoms with Crippen molar-refractivity contribution < 1.29 is 0 Å². The predicted molar refractivity (Wildman–Crippen MR) is 122 cm³/mol. The topological polar surface area (TPSA) is 56.3 Å². The first kappa shape index (κ1) is 21.1. The van der Waals surface area contributed by atoms with Crippen LogP contribution in [0.5, 0.6) is 0 Å². The molecule has 2 N–H and O–H groups in total. The predicted octanol–water partition coefficient (Wildman–Crippen LogP) is 4.04. The third kappa shape index (κ3) is 6.19. The number of thiocarbonyl (C=S) groups is 1. The molecule has 7 heteroatoms. The zero-order valence-electron chi connectivity index (χ0n) is 17.7. The fraction of sp³-hybridized carbons (Fsp3) is 0.762. The number of hydrogen-bond donors (Lipinski definition) is 2. The van der Waals surface area contributed by atoms with E-state index in [9.17, 15) is 0 Å². The maximum atomic E-state index is 5.46. The van der Waals surface area contributed by atoms with E-state index in [0.717, 1.165) is 44.4 Å². The van der Waals surface area contributed by atoms with Gasteiger partial charge in [0.15, 0.2) is 5.11 Å². The maximum absolute atomic E-state index is 5.46. The Morgan fingerprint density at radius 2 is 1.71 bits per heavy atom. The van der Waals surface area contributed by atoms with Gasteiger partial charge in [-0.2, -0.15) is 9.97 Å². The summed E-state index contributed by atoms with van der Waals surface area (Å²) in [6.45, 7) is 11.8. The summed E-state index contributed by atoms with van der Waals surface area (Å²) in [6, 6.07) is 2.18. The minimum atomic E-state index is 0.537. The molecule has 3 heterocycles. The molecule has 0 aromatic carbocycles. The summed E-state index contributed by atoms with van der Waals surface area (Å²) < 4.78 is 0. The molecule has 0 amide bonds. The first-order valence-corrected chi connectivity index (χ1v) is 11.4. The van der Waals surface area contributed by atoms with Crippen LogP contribution in [0.3, 0.4) is 0 Å². The van der Waals surface area contributed by atoms with Crippen molar-refractivity contribution in [2.75, 3.05) is 47.8 Å². The van der Waals surface area contributed by atoms with E-state index < -0.39 is 0 Å². The van der Waals surface area contributed by atoms with E-state index >= 15 is 0 Å². The molecule has 0 bridgehead atoms. The van der Waals surface area contributed by atoms with Gasteiger partial charge >= 0.3 is 0 Å². The average molecular weight is 405 g/mol. The summed E-state index contributed by atoms with van der Waals surface area (Å²) in [7, 11) is 0. The monoisotopic (exact) mass is 404 g/mol. The molecule has 28 heavy (non-hydrogen) atoms. The first-order chi connectivity index (χ1) is 13.5. The highest BCUT2D eigenvalue weighted by molar-refractivity contribution is 7.80. The minimum absolute atomic E-state index is 0.537. The molecular formula is C21H36N6S. The second kappa shape index (κ2) is 10.2. The lowest BCUT2D eigenvalue weighted by Gasteiger charge is -2.33. The minimum Gasteiger partial charge on any atom is -0.362 e. The number of anilines is 3. The molecule has 3 rings (SSSR count). The van der Waals surface area contributed by atoms with Crippen LogP contribution in [-0.4, -0.2) is 47.8 Å². The van der Waals surface area contributed by atoms with Crippen molar-refractivity contribution in [3.8, 4) is 0 Å². The van der Waals surface area contributed by atoms with Crippen molar-refractivity contribution in [3.05, 3.63) is 6.07 Å². The van der Waals surface area contributed by atoms with Gasteiger partial charge in [0.25, 0.3) is 0 Å². The second-order valence-corrected chi connectivity index (χ2v) is 9.14. The molecule has 0 saturated carbocycles. The van der Waals surface area contributed by atoms with Gasteiger partial charge in [0.1, 0.15) is 11.6 Å². The molecule has 156 valence electrons. The van der Waals surface area contributed by atoms with Crippen LogP contribution in [0.1, 0.15) is 59.3 Å². The Balaban J connectivity index is 1.81. The van der Waals surface area contributed by atoms with Crippen molar-refractivity contribution in [2.24, 2.45) is 11.8 Å². The smallest absolute Gasteiger partial charge is 0.232 e. The lowest BCUT2D eigenvalue weighted by Crippen LogP contribution is -2.36. The Morgan fingerprint density at radius 1 is 1.07 bits per heavy atom. The van der Waals surface area contributed by atoms with Crippen LogP contribution in [0.25, 0.3) is 0 Å². The summed E-state index contributed by atoms with van der Waals surface area (Å²) in [5.41, 5.74) is 0. The second-order valence-electron chi connectivity index (χ2n) is 8.73. The Hall–Kier alpha value is -1.63. The molecule has 0 radical (unpaired) electrons. The molecule has 6 nitrogen and oxygen atoms in total. The van der Waals surface area contributed by atoms with Crippen LogP contribution in [0.15, 0.2) is 6.07 Å². The van der Waals surface area contributed by atoms with E-state index in [1.165, 1.54) is 38.5 Å². The molecule has 1 unspecified atom stereocenters. The summed E-state index contributed by atoms with van der Waals surface area (Å²) in [5.74, 6) is 3.90. The third-order valence-corrected chi connectivity index (χ3v) is 5.75. The lowest BCUT2D eigenvalue weighted by atomic mass is 10.0. The van der Waals surface area contributed by atoms with Gasteiger partial charge in [-0.15, -0.1) is 0 Å². The third-order valence-electron chi connectivity index (χ3n) is 5.51. The van der Waals surface area contributed by atoms with Gasteiger partial charge in [-0.3, -0.25) is 0 Å². The van der Waals surface area contributed by atoms with E-state index in [1.807, 2.05) is 0 Å². The van der Waals surface area contributed by atoms with Crippen LogP contribution in [0.2, 0.25) is 0 Å². The number of nitrogens with zero attached hydrogens (tertiary/aromatic N) is 4. The van der Waals surface area contributed by atoms with Gasteiger partial charge < -0.3 is 20.4 Å². The van der Waals surface area contributed by atoms with E-state index in [2.05, 4.69) is 47.3 Å². The molecule has 2 aliphatic rings. The zero-order chi connectivity index (χ0) is 19.9. The van der Waals surface area contributed by atoms with Crippen molar-refractivity contribution in [2.45, 2.75) is 59.3 Å². The Labute approximate surface area is 175 Å². The van der Waals surface area contributed by atoms with E-state index in [4.69, 9.17) is 22.2 Å². The fourth-order valence-corrected chi connectivity index (χ4v) is 4.12. The normalized spacial score (nSPS) is 20.8. The number of rotatable bonds is 5. The summed E-state index contributed by atoms with van der Waals surface area (Å²) >= 11 is 5.46. The molecular weight excluding hydrogens is 368 g/mol. The zero-order valence-corrected chi connectivity index (χ0v) is 18.5. The van der Waals surface area contributed by atoms with Crippen molar-refractivity contribution in [3.63, 3.8) is 0 Å². The number of aromatic nitrogens is 2. The maximum Gasteiger partial charge on any atom is 0.232 e. The summed E-state index contributed by atoms with van der Waals surface area (Å²) in [6.07, 6.45) is 7.61. The average Bonchev–Trinajstić information content (AvgIpc) is 2.96. The van der Waals surface area contributed by atoms with Gasteiger partial charge in [-0.05, 0) is 49.7 Å². The highest BCUT2D eigenvalue weighted by Crippen LogP contribution is 2.27. The summed E-state index contributed by atoms with van der Waals surface area (Å²) in [4.78, 5) is 14.5. The fourth-order valence-electron chi connectivity index (χ4n) is 3.94. The highest BCUT2D eigenvalue weighted by atomic mass is 32.1. The van der Waals surface area contributed by atoms with Crippen molar-refractivity contribution in [1.29, 1.82) is 0 Å². The van der Waals surface area contributed by atoms with E-state index in [0.29, 0.717) is 22.9 Å². The quantitative estimate of drug-likeness (QED) is 0.718. The molecule has 2 fully saturated rings. The molecule has 1 aromatic rings. The van der Waals surface area contributed by atoms with Gasteiger partial charge in [-0.25, -0.2) is 0 Å². The molecule has 1 atom stereocenters. The standard InChI is InChI=1S/C21H36N6S/c1-16(2)14-22-21(28)25-20-23-18(26-10-6-4-5-7-11-26)13-19(24-20)27-12-8-9-17(3)15-27/h13,16-17H,4-12,14-15H2,1-3H3,(H2,22,23,24,25,28). The molecule has 2 aliphatic heterocycles. The van der Waals surface area contributed by atoms with Crippen LogP contribution < -0.4 is 20.4 Å².